The maximum Gasteiger partial charge on any atom is 0.240 e. The van der Waals surface area contributed by atoms with E-state index in [4.69, 9.17) is 15.4 Å². The van der Waals surface area contributed by atoms with Crippen LogP contribution in [0, 0.1) is 0 Å². The maximum absolute atomic E-state index is 9.67. The summed E-state index contributed by atoms with van der Waals surface area (Å²) in [6, 6.07) is 7.01. The van der Waals surface area contributed by atoms with Gasteiger partial charge in [-0.05, 0) is 5.56 Å². The van der Waals surface area contributed by atoms with E-state index >= 15 is 0 Å². The van der Waals surface area contributed by atoms with Crippen LogP contribution in [-0.2, 0) is 6.54 Å². The van der Waals surface area contributed by atoms with Crippen LogP contribution in [0.25, 0.3) is 11.4 Å². The molecule has 1 atom stereocenters. The van der Waals surface area contributed by atoms with Gasteiger partial charge in [0.2, 0.25) is 11.7 Å². The van der Waals surface area contributed by atoms with Gasteiger partial charge in [0.25, 0.3) is 0 Å². The largest absolute Gasteiger partial charge is 0.393 e. The van der Waals surface area contributed by atoms with E-state index in [0.29, 0.717) is 22.8 Å². The minimum Gasteiger partial charge on any atom is -0.393 e. The number of hydrogen-bond donors (Lipinski definition) is 3. The summed E-state index contributed by atoms with van der Waals surface area (Å²) in [4.78, 5) is 4.08. The summed E-state index contributed by atoms with van der Waals surface area (Å²) >= 11 is 0. The van der Waals surface area contributed by atoms with Crippen LogP contribution in [-0.4, -0.2) is 27.0 Å². The molecule has 0 aliphatic rings. The molecule has 90 valence electrons. The first-order chi connectivity index (χ1) is 8.26. The monoisotopic (exact) mass is 235 g/mol. The van der Waals surface area contributed by atoms with Crippen molar-refractivity contribution >= 4 is 0 Å². The molecule has 0 aliphatic carbocycles. The summed E-state index contributed by atoms with van der Waals surface area (Å²) in [5.41, 5.74) is 6.56. The quantitative estimate of drug-likeness (QED) is 0.700. The molecule has 4 N–H and O–H groups in total. The average molecular weight is 235 g/mol. The standard InChI is InChI=1S/C11H13N3O3/c12-5-10-13-11(14-17-10)8-4-2-1-3-7(8)9(16)6-15/h1-4,9,15-16H,5-6,12H2. The molecule has 0 fully saturated rings. The van der Waals surface area contributed by atoms with Crippen molar-refractivity contribution in [1.82, 2.24) is 10.1 Å². The van der Waals surface area contributed by atoms with Crippen LogP contribution < -0.4 is 5.73 Å². The van der Waals surface area contributed by atoms with Gasteiger partial charge in [-0.15, -0.1) is 0 Å². The lowest BCUT2D eigenvalue weighted by molar-refractivity contribution is 0.0960. The van der Waals surface area contributed by atoms with E-state index in [1.807, 2.05) is 0 Å². The summed E-state index contributed by atoms with van der Waals surface area (Å²) in [5.74, 6) is 0.682. The number of aliphatic hydroxyl groups excluding tert-OH is 2. The lowest BCUT2D eigenvalue weighted by Crippen LogP contribution is -2.04. The Bertz CT molecular complexity index is 498. The molecule has 0 radical (unpaired) electrons. The topological polar surface area (TPSA) is 105 Å². The van der Waals surface area contributed by atoms with Crippen LogP contribution >= 0.6 is 0 Å². The predicted octanol–water partition coefficient (Wildman–Crippen LogP) is 0.221. The average Bonchev–Trinajstić information content (AvgIpc) is 2.86. The van der Waals surface area contributed by atoms with Gasteiger partial charge in [-0.3, -0.25) is 0 Å². The van der Waals surface area contributed by atoms with E-state index in [1.54, 1.807) is 24.3 Å². The number of nitrogens with two attached hydrogens (primary N) is 1. The van der Waals surface area contributed by atoms with Gasteiger partial charge < -0.3 is 20.5 Å². The fraction of sp³-hybridized carbons (Fsp3) is 0.273. The van der Waals surface area contributed by atoms with Crippen LogP contribution in [0.15, 0.2) is 28.8 Å². The molecule has 0 aliphatic heterocycles. The van der Waals surface area contributed by atoms with E-state index in [9.17, 15) is 5.11 Å². The molecule has 1 aromatic heterocycles. The fourth-order valence-corrected chi connectivity index (χ4v) is 1.54. The van der Waals surface area contributed by atoms with Crippen LogP contribution in [0.5, 0.6) is 0 Å². The molecular formula is C11H13N3O3. The molecule has 0 spiro atoms. The number of rotatable bonds is 4. The van der Waals surface area contributed by atoms with Gasteiger partial charge in [0.1, 0.15) is 6.10 Å². The molecule has 0 amide bonds. The SMILES string of the molecule is NCc1nc(-c2ccccc2C(O)CO)no1. The lowest BCUT2D eigenvalue weighted by atomic mass is 10.0. The number of hydrogen-bond acceptors (Lipinski definition) is 6. The third kappa shape index (κ3) is 2.33. The Morgan fingerprint density at radius 2 is 2.12 bits per heavy atom. The van der Waals surface area contributed by atoms with Crippen molar-refractivity contribution < 1.29 is 14.7 Å². The highest BCUT2D eigenvalue weighted by atomic mass is 16.5. The normalized spacial score (nSPS) is 12.6. The second kappa shape index (κ2) is 5.05. The highest BCUT2D eigenvalue weighted by Gasteiger charge is 2.16. The first kappa shape index (κ1) is 11.7. The Kier molecular flexibility index (Phi) is 3.48. The van der Waals surface area contributed by atoms with Gasteiger partial charge in [0, 0.05) is 5.56 Å². The van der Waals surface area contributed by atoms with Crippen LogP contribution in [0.1, 0.15) is 17.6 Å². The molecule has 0 saturated carbocycles. The van der Waals surface area contributed by atoms with E-state index < -0.39 is 6.10 Å². The van der Waals surface area contributed by atoms with E-state index in [0.717, 1.165) is 0 Å². The molecule has 2 aromatic rings. The van der Waals surface area contributed by atoms with E-state index in [2.05, 4.69) is 10.1 Å². The van der Waals surface area contributed by atoms with E-state index in [1.165, 1.54) is 0 Å². The highest BCUT2D eigenvalue weighted by molar-refractivity contribution is 5.60. The van der Waals surface area contributed by atoms with Crippen LogP contribution in [0.3, 0.4) is 0 Å². The molecule has 0 bridgehead atoms. The highest BCUT2D eigenvalue weighted by Crippen LogP contribution is 2.25. The van der Waals surface area contributed by atoms with Crippen molar-refractivity contribution in [2.45, 2.75) is 12.6 Å². The zero-order chi connectivity index (χ0) is 12.3. The number of nitrogens with zero attached hydrogens (tertiary/aromatic N) is 2. The Labute approximate surface area is 97.7 Å². The molecule has 6 nitrogen and oxygen atoms in total. The smallest absolute Gasteiger partial charge is 0.240 e. The maximum atomic E-state index is 9.67. The van der Waals surface area contributed by atoms with Gasteiger partial charge in [-0.2, -0.15) is 4.98 Å². The van der Waals surface area contributed by atoms with Gasteiger partial charge in [0.05, 0.1) is 13.2 Å². The third-order valence-electron chi connectivity index (χ3n) is 2.38. The minimum absolute atomic E-state index is 0.164. The predicted molar refractivity (Wildman–Crippen MR) is 59.7 cm³/mol. The van der Waals surface area contributed by atoms with Crippen molar-refractivity contribution in [3.8, 4) is 11.4 Å². The molecular weight excluding hydrogens is 222 g/mol. The fourth-order valence-electron chi connectivity index (χ4n) is 1.54. The first-order valence-electron chi connectivity index (χ1n) is 5.17. The van der Waals surface area contributed by atoms with Gasteiger partial charge in [-0.25, -0.2) is 0 Å². The molecule has 17 heavy (non-hydrogen) atoms. The Morgan fingerprint density at radius 1 is 1.35 bits per heavy atom. The van der Waals surface area contributed by atoms with Crippen molar-refractivity contribution in [2.24, 2.45) is 5.73 Å². The van der Waals surface area contributed by atoms with Crippen molar-refractivity contribution in [1.29, 1.82) is 0 Å². The second-order valence-electron chi connectivity index (χ2n) is 3.50. The number of aromatic nitrogens is 2. The Morgan fingerprint density at radius 3 is 2.76 bits per heavy atom. The molecule has 2 rings (SSSR count). The third-order valence-corrected chi connectivity index (χ3v) is 2.38. The molecule has 6 heteroatoms. The lowest BCUT2D eigenvalue weighted by Gasteiger charge is -2.10. The molecule has 1 aromatic carbocycles. The molecule has 0 saturated heterocycles. The summed E-state index contributed by atoms with van der Waals surface area (Å²) in [6.45, 7) is -0.198. The van der Waals surface area contributed by atoms with Gasteiger partial charge in [0.15, 0.2) is 0 Å². The van der Waals surface area contributed by atoms with Gasteiger partial charge in [-0.1, -0.05) is 29.4 Å². The van der Waals surface area contributed by atoms with Gasteiger partial charge >= 0.3 is 0 Å². The van der Waals surface area contributed by atoms with Crippen molar-refractivity contribution in [2.75, 3.05) is 6.61 Å². The Balaban J connectivity index is 2.44. The van der Waals surface area contributed by atoms with E-state index in [-0.39, 0.29) is 13.2 Å². The van der Waals surface area contributed by atoms with Crippen LogP contribution in [0.2, 0.25) is 0 Å². The first-order valence-corrected chi connectivity index (χ1v) is 5.17. The summed E-state index contributed by atoms with van der Waals surface area (Å²) in [5, 5.41) is 22.4. The summed E-state index contributed by atoms with van der Waals surface area (Å²) in [7, 11) is 0. The minimum atomic E-state index is -0.967. The van der Waals surface area contributed by atoms with Crippen molar-refractivity contribution in [3.63, 3.8) is 0 Å². The number of benzene rings is 1. The number of aliphatic hydroxyl groups is 2. The van der Waals surface area contributed by atoms with Crippen molar-refractivity contribution in [3.05, 3.63) is 35.7 Å². The molecule has 1 heterocycles. The summed E-state index contributed by atoms with van der Waals surface area (Å²) in [6.07, 6.45) is -0.967. The second-order valence-corrected chi connectivity index (χ2v) is 3.50. The Hall–Kier alpha value is -1.76. The van der Waals surface area contributed by atoms with Crippen LogP contribution in [0.4, 0.5) is 0 Å². The molecule has 1 unspecified atom stereocenters. The zero-order valence-corrected chi connectivity index (χ0v) is 9.08. The summed E-state index contributed by atoms with van der Waals surface area (Å²) < 4.78 is 4.91. The zero-order valence-electron chi connectivity index (χ0n) is 9.08.